The van der Waals surface area contributed by atoms with E-state index in [9.17, 15) is 10.1 Å². The number of aromatic amines is 1. The summed E-state index contributed by atoms with van der Waals surface area (Å²) in [6.45, 7) is 0.130. The molecule has 0 saturated carbocycles. The predicted molar refractivity (Wildman–Crippen MR) is 55.2 cm³/mol. The lowest BCUT2D eigenvalue weighted by Crippen LogP contribution is -2.06. The maximum Gasteiger partial charge on any atom is 0.329 e. The van der Waals surface area contributed by atoms with E-state index >= 15 is 0 Å². The van der Waals surface area contributed by atoms with Crippen molar-refractivity contribution in [2.75, 3.05) is 5.32 Å². The van der Waals surface area contributed by atoms with Crippen molar-refractivity contribution in [1.29, 1.82) is 0 Å². The minimum Gasteiger partial charge on any atom is -0.357 e. The summed E-state index contributed by atoms with van der Waals surface area (Å²) in [7, 11) is 0. The van der Waals surface area contributed by atoms with Gasteiger partial charge in [-0.15, -0.1) is 10.2 Å². The molecule has 10 nitrogen and oxygen atoms in total. The largest absolute Gasteiger partial charge is 0.357 e. The molecular weight excluding hydrogens is 252 g/mol. The van der Waals surface area contributed by atoms with Gasteiger partial charge in [0.25, 0.3) is 0 Å². The van der Waals surface area contributed by atoms with Gasteiger partial charge < -0.3 is 5.32 Å². The van der Waals surface area contributed by atoms with Gasteiger partial charge in [-0.2, -0.15) is 10.2 Å². The second-order valence-electron chi connectivity index (χ2n) is 2.81. The van der Waals surface area contributed by atoms with Crippen LogP contribution in [0, 0.1) is 10.1 Å². The van der Waals surface area contributed by atoms with Crippen LogP contribution in [0.5, 0.6) is 0 Å². The third kappa shape index (κ3) is 2.60. The zero-order valence-electron chi connectivity index (χ0n) is 8.16. The Morgan fingerprint density at radius 3 is 3.06 bits per heavy atom. The number of aromatic nitrogens is 6. The molecule has 2 rings (SSSR count). The average Bonchev–Trinajstić information content (AvgIpc) is 2.78. The molecule has 17 heavy (non-hydrogen) atoms. The fourth-order valence-corrected chi connectivity index (χ4v) is 1.17. The summed E-state index contributed by atoms with van der Waals surface area (Å²) in [5.74, 6) is 0.342. The molecule has 0 saturated heterocycles. The van der Waals surface area contributed by atoms with Gasteiger partial charge in [0.2, 0.25) is 11.1 Å². The molecule has 0 aliphatic heterocycles. The zero-order chi connectivity index (χ0) is 12.3. The SMILES string of the molecule is O=[N+]([O-])c1cnc(Cl)nc1NCc1nn[nH]n1. The van der Waals surface area contributed by atoms with E-state index in [0.29, 0.717) is 5.82 Å². The van der Waals surface area contributed by atoms with E-state index in [4.69, 9.17) is 11.6 Å². The zero-order valence-corrected chi connectivity index (χ0v) is 8.92. The summed E-state index contributed by atoms with van der Waals surface area (Å²) in [4.78, 5) is 17.3. The number of hydrogen-bond acceptors (Lipinski definition) is 8. The van der Waals surface area contributed by atoms with Gasteiger partial charge >= 0.3 is 5.69 Å². The second-order valence-corrected chi connectivity index (χ2v) is 3.15. The lowest BCUT2D eigenvalue weighted by atomic mass is 10.4. The van der Waals surface area contributed by atoms with E-state index in [-0.39, 0.29) is 23.3 Å². The first-order valence-corrected chi connectivity index (χ1v) is 4.67. The van der Waals surface area contributed by atoms with Crippen LogP contribution in [-0.2, 0) is 6.54 Å². The number of nitrogens with zero attached hydrogens (tertiary/aromatic N) is 6. The van der Waals surface area contributed by atoms with E-state index in [0.717, 1.165) is 6.20 Å². The normalized spacial score (nSPS) is 10.2. The number of H-pyrrole nitrogens is 1. The Balaban J connectivity index is 2.19. The molecule has 0 fully saturated rings. The minimum absolute atomic E-state index is 0.000185. The average molecular weight is 257 g/mol. The summed E-state index contributed by atoms with van der Waals surface area (Å²) < 4.78 is 0. The molecule has 0 amide bonds. The highest BCUT2D eigenvalue weighted by Gasteiger charge is 2.16. The van der Waals surface area contributed by atoms with Gasteiger partial charge in [-0.25, -0.2) is 4.98 Å². The van der Waals surface area contributed by atoms with Crippen LogP contribution in [0.15, 0.2) is 6.20 Å². The van der Waals surface area contributed by atoms with Crippen LogP contribution in [0.4, 0.5) is 11.5 Å². The van der Waals surface area contributed by atoms with Gasteiger partial charge in [0, 0.05) is 0 Å². The second kappa shape index (κ2) is 4.65. The molecule has 88 valence electrons. The molecular formula is C6H5ClN8O2. The number of hydrogen-bond donors (Lipinski definition) is 2. The standard InChI is InChI=1S/C6H5ClN8O2/c7-6-9-1-3(15(16)17)5(10-6)8-2-4-11-13-14-12-4/h1H,2H2,(H,8,9,10)(H,11,12,13,14). The van der Waals surface area contributed by atoms with E-state index in [2.05, 4.69) is 35.9 Å². The monoisotopic (exact) mass is 256 g/mol. The first-order valence-electron chi connectivity index (χ1n) is 4.30. The fourth-order valence-electron chi connectivity index (χ4n) is 1.04. The van der Waals surface area contributed by atoms with Gasteiger partial charge in [-0.3, -0.25) is 10.1 Å². The molecule has 2 aromatic rings. The van der Waals surface area contributed by atoms with Crippen molar-refractivity contribution < 1.29 is 4.92 Å². The van der Waals surface area contributed by atoms with Crippen LogP contribution < -0.4 is 5.32 Å². The van der Waals surface area contributed by atoms with Gasteiger partial charge in [0.15, 0.2) is 5.82 Å². The molecule has 0 aliphatic carbocycles. The first-order chi connectivity index (χ1) is 8.16. The van der Waals surface area contributed by atoms with E-state index in [1.165, 1.54) is 0 Å². The van der Waals surface area contributed by atoms with Crippen LogP contribution in [-0.4, -0.2) is 35.5 Å². The van der Waals surface area contributed by atoms with Gasteiger partial charge in [0.05, 0.1) is 11.5 Å². The van der Waals surface area contributed by atoms with E-state index < -0.39 is 4.92 Å². The molecule has 0 unspecified atom stereocenters. The quantitative estimate of drug-likeness (QED) is 0.449. The highest BCUT2D eigenvalue weighted by molar-refractivity contribution is 6.28. The third-order valence-corrected chi connectivity index (χ3v) is 1.92. The molecule has 0 spiro atoms. The lowest BCUT2D eigenvalue weighted by Gasteiger charge is -2.02. The topological polar surface area (TPSA) is 135 Å². The Morgan fingerprint density at radius 2 is 2.41 bits per heavy atom. The number of halogens is 1. The number of rotatable bonds is 4. The van der Waals surface area contributed by atoms with Crippen LogP contribution in [0.2, 0.25) is 5.28 Å². The summed E-state index contributed by atoms with van der Waals surface area (Å²) in [5, 5.41) is 26.2. The molecule has 0 aromatic carbocycles. The van der Waals surface area contributed by atoms with Crippen LogP contribution in [0.3, 0.4) is 0 Å². The number of nitro groups is 1. The van der Waals surface area contributed by atoms with E-state index in [1.807, 2.05) is 0 Å². The van der Waals surface area contributed by atoms with Crippen molar-refractivity contribution in [2.24, 2.45) is 0 Å². The fraction of sp³-hybridized carbons (Fsp3) is 0.167. The van der Waals surface area contributed by atoms with Crippen molar-refractivity contribution in [3.05, 3.63) is 27.4 Å². The maximum atomic E-state index is 10.7. The minimum atomic E-state index is -0.616. The molecule has 11 heteroatoms. The Hall–Kier alpha value is -2.36. The number of anilines is 1. The smallest absolute Gasteiger partial charge is 0.329 e. The Kier molecular flexibility index (Phi) is 3.05. The van der Waals surface area contributed by atoms with Gasteiger partial charge in [0.1, 0.15) is 6.20 Å². The van der Waals surface area contributed by atoms with Crippen LogP contribution in [0.25, 0.3) is 0 Å². The summed E-state index contributed by atoms with van der Waals surface area (Å²) in [6.07, 6.45) is 1.02. The van der Waals surface area contributed by atoms with Crippen molar-refractivity contribution >= 4 is 23.1 Å². The van der Waals surface area contributed by atoms with Crippen molar-refractivity contribution in [2.45, 2.75) is 6.54 Å². The van der Waals surface area contributed by atoms with Crippen LogP contribution in [0.1, 0.15) is 5.82 Å². The molecule has 2 heterocycles. The van der Waals surface area contributed by atoms with Crippen LogP contribution >= 0.6 is 11.6 Å². The highest BCUT2D eigenvalue weighted by atomic mass is 35.5. The molecule has 2 N–H and O–H groups in total. The summed E-state index contributed by atoms with van der Waals surface area (Å²) >= 11 is 5.55. The van der Waals surface area contributed by atoms with Crippen molar-refractivity contribution in [3.8, 4) is 0 Å². The third-order valence-electron chi connectivity index (χ3n) is 1.74. The molecule has 0 atom stereocenters. The van der Waals surface area contributed by atoms with Crippen molar-refractivity contribution in [1.82, 2.24) is 30.6 Å². The maximum absolute atomic E-state index is 10.7. The number of nitrogens with one attached hydrogen (secondary N) is 2. The molecule has 0 radical (unpaired) electrons. The van der Waals surface area contributed by atoms with Gasteiger partial charge in [-0.1, -0.05) is 5.21 Å². The predicted octanol–water partition coefficient (Wildman–Crippen LogP) is 0.163. The highest BCUT2D eigenvalue weighted by Crippen LogP contribution is 2.21. The molecule has 0 aliphatic rings. The van der Waals surface area contributed by atoms with Crippen molar-refractivity contribution in [3.63, 3.8) is 0 Å². The summed E-state index contributed by atoms with van der Waals surface area (Å²) in [6, 6.07) is 0. The summed E-state index contributed by atoms with van der Waals surface area (Å²) in [5.41, 5.74) is -0.280. The number of tetrazole rings is 1. The molecule has 0 bridgehead atoms. The first kappa shape index (κ1) is 11.1. The Labute approximate surface area is 98.6 Å². The Bertz CT molecular complexity index is 529. The lowest BCUT2D eigenvalue weighted by molar-refractivity contribution is -0.384. The van der Waals surface area contributed by atoms with E-state index in [1.54, 1.807) is 0 Å². The van der Waals surface area contributed by atoms with Gasteiger partial charge in [-0.05, 0) is 11.6 Å². The molecule has 2 aromatic heterocycles. The Morgan fingerprint density at radius 1 is 1.59 bits per heavy atom.